The van der Waals surface area contributed by atoms with Gasteiger partial charge in [-0.2, -0.15) is 0 Å². The summed E-state index contributed by atoms with van der Waals surface area (Å²) in [5.74, 6) is 0.512. The van der Waals surface area contributed by atoms with Gasteiger partial charge in [0.2, 0.25) is 0 Å². The van der Waals surface area contributed by atoms with Crippen molar-refractivity contribution >= 4 is 44.5 Å². The fourth-order valence-corrected chi connectivity index (χ4v) is 4.78. The Hall–Kier alpha value is -3.29. The van der Waals surface area contributed by atoms with E-state index in [1.165, 1.54) is 17.7 Å². The Kier molecular flexibility index (Phi) is 4.23. The van der Waals surface area contributed by atoms with Gasteiger partial charge in [0.25, 0.3) is 5.91 Å². The molecule has 0 aliphatic heterocycles. The number of hydrogen-bond acceptors (Lipinski definition) is 6. The average Bonchev–Trinajstić information content (AvgIpc) is 3.48. The highest BCUT2D eigenvalue weighted by atomic mass is 32.1. The van der Waals surface area contributed by atoms with Crippen LogP contribution in [0.15, 0.2) is 77.7 Å². The molecule has 0 unspecified atom stereocenters. The smallest absolute Gasteiger partial charge is 0.265 e. The number of fused-ring (bicyclic) bond motifs is 1. The number of hydrogen-bond donors (Lipinski definition) is 1. The first-order chi connectivity index (χ1) is 13.8. The van der Waals surface area contributed by atoms with E-state index in [9.17, 15) is 4.79 Å². The van der Waals surface area contributed by atoms with E-state index in [2.05, 4.69) is 21.4 Å². The Labute approximate surface area is 168 Å². The van der Waals surface area contributed by atoms with Crippen molar-refractivity contribution in [2.45, 2.75) is 0 Å². The van der Waals surface area contributed by atoms with Crippen LogP contribution < -0.4 is 5.32 Å². The van der Waals surface area contributed by atoms with Crippen molar-refractivity contribution in [3.8, 4) is 21.2 Å². The molecular formula is C21H13N3O2S2. The molecule has 1 amide bonds. The molecule has 3 heterocycles. The number of aromatic nitrogens is 2. The van der Waals surface area contributed by atoms with Crippen LogP contribution in [0.2, 0.25) is 0 Å². The van der Waals surface area contributed by atoms with E-state index < -0.39 is 0 Å². The second-order valence-corrected chi connectivity index (χ2v) is 8.17. The van der Waals surface area contributed by atoms with Crippen molar-refractivity contribution in [1.82, 2.24) is 9.97 Å². The SMILES string of the molecule is O=C(Nc1cccc(-c2cnco2)c1)c1ccc(-c2nc3ccccc3s2)s1. The van der Waals surface area contributed by atoms with Crippen LogP contribution in [-0.2, 0) is 0 Å². The van der Waals surface area contributed by atoms with Crippen LogP contribution in [0, 0.1) is 0 Å². The highest BCUT2D eigenvalue weighted by Gasteiger charge is 2.14. The third-order valence-corrected chi connectivity index (χ3v) is 6.46. The maximum atomic E-state index is 12.7. The molecule has 0 atom stereocenters. The number of thiazole rings is 1. The van der Waals surface area contributed by atoms with Crippen molar-refractivity contribution in [3.63, 3.8) is 0 Å². The predicted octanol–water partition coefficient (Wildman–Crippen LogP) is 5.93. The summed E-state index contributed by atoms with van der Waals surface area (Å²) >= 11 is 3.07. The van der Waals surface area contributed by atoms with Crippen LogP contribution in [0.4, 0.5) is 5.69 Å². The van der Waals surface area contributed by atoms with Crippen LogP contribution >= 0.6 is 22.7 Å². The fourth-order valence-electron chi connectivity index (χ4n) is 2.85. The standard InChI is InChI=1S/C21H13N3O2S2/c25-20(23-14-5-3-4-13(10-14)16-11-22-12-26-16)18-8-9-19(27-18)21-24-15-6-1-2-7-17(15)28-21/h1-12H,(H,23,25). The van der Waals surface area contributed by atoms with E-state index >= 15 is 0 Å². The minimum atomic E-state index is -0.146. The topological polar surface area (TPSA) is 68.0 Å². The number of nitrogens with zero attached hydrogens (tertiary/aromatic N) is 2. The summed E-state index contributed by atoms with van der Waals surface area (Å²) in [6.45, 7) is 0. The number of amides is 1. The molecule has 7 heteroatoms. The molecule has 0 aliphatic carbocycles. The Balaban J connectivity index is 1.37. The van der Waals surface area contributed by atoms with E-state index in [-0.39, 0.29) is 5.91 Å². The number of carbonyl (C=O) groups is 1. The van der Waals surface area contributed by atoms with Gasteiger partial charge >= 0.3 is 0 Å². The number of oxazole rings is 1. The zero-order valence-electron chi connectivity index (χ0n) is 14.5. The van der Waals surface area contributed by atoms with Gasteiger partial charge in [-0.05, 0) is 36.4 Å². The molecule has 0 spiro atoms. The van der Waals surface area contributed by atoms with Gasteiger partial charge in [-0.3, -0.25) is 4.79 Å². The Bertz CT molecular complexity index is 1240. The van der Waals surface area contributed by atoms with Gasteiger partial charge in [0, 0.05) is 11.3 Å². The first-order valence-electron chi connectivity index (χ1n) is 8.52. The highest BCUT2D eigenvalue weighted by Crippen LogP contribution is 2.34. The summed E-state index contributed by atoms with van der Waals surface area (Å²) < 4.78 is 6.45. The van der Waals surface area contributed by atoms with E-state index in [0.717, 1.165) is 25.7 Å². The van der Waals surface area contributed by atoms with Gasteiger partial charge in [-0.25, -0.2) is 9.97 Å². The molecule has 136 valence electrons. The van der Waals surface area contributed by atoms with Crippen molar-refractivity contribution in [2.75, 3.05) is 5.32 Å². The second kappa shape index (κ2) is 7.03. The third kappa shape index (κ3) is 3.21. The molecule has 2 aromatic carbocycles. The minimum absolute atomic E-state index is 0.146. The second-order valence-electron chi connectivity index (χ2n) is 6.05. The highest BCUT2D eigenvalue weighted by molar-refractivity contribution is 7.26. The zero-order valence-corrected chi connectivity index (χ0v) is 16.1. The lowest BCUT2D eigenvalue weighted by atomic mass is 10.1. The van der Waals surface area contributed by atoms with Gasteiger partial charge < -0.3 is 9.73 Å². The molecule has 5 aromatic rings. The van der Waals surface area contributed by atoms with Gasteiger partial charge in [-0.15, -0.1) is 22.7 Å². The number of benzene rings is 2. The van der Waals surface area contributed by atoms with Crippen LogP contribution in [0.1, 0.15) is 9.67 Å². The number of para-hydroxylation sites is 1. The van der Waals surface area contributed by atoms with Crippen LogP contribution in [0.5, 0.6) is 0 Å². The number of nitrogens with one attached hydrogen (secondary N) is 1. The maximum Gasteiger partial charge on any atom is 0.265 e. The monoisotopic (exact) mass is 403 g/mol. The molecule has 0 aliphatic rings. The number of thiophene rings is 1. The van der Waals surface area contributed by atoms with Gasteiger partial charge in [-0.1, -0.05) is 24.3 Å². The minimum Gasteiger partial charge on any atom is -0.444 e. The lowest BCUT2D eigenvalue weighted by Crippen LogP contribution is -2.09. The van der Waals surface area contributed by atoms with Crippen molar-refractivity contribution < 1.29 is 9.21 Å². The first kappa shape index (κ1) is 16.9. The predicted molar refractivity (Wildman–Crippen MR) is 113 cm³/mol. The lowest BCUT2D eigenvalue weighted by molar-refractivity contribution is 0.103. The Morgan fingerprint density at radius 3 is 2.79 bits per heavy atom. The van der Waals surface area contributed by atoms with E-state index in [1.807, 2.05) is 54.6 Å². The lowest BCUT2D eigenvalue weighted by Gasteiger charge is -2.05. The molecule has 3 aromatic heterocycles. The summed E-state index contributed by atoms with van der Waals surface area (Å²) in [7, 11) is 0. The molecule has 5 rings (SSSR count). The summed E-state index contributed by atoms with van der Waals surface area (Å²) in [4.78, 5) is 22.9. The molecule has 0 radical (unpaired) electrons. The number of carbonyl (C=O) groups excluding carboxylic acids is 1. The summed E-state index contributed by atoms with van der Waals surface area (Å²) in [6, 6.07) is 19.3. The fraction of sp³-hybridized carbons (Fsp3) is 0. The molecule has 0 saturated carbocycles. The Morgan fingerprint density at radius 1 is 1.00 bits per heavy atom. The molecule has 0 fully saturated rings. The van der Waals surface area contributed by atoms with E-state index in [1.54, 1.807) is 17.5 Å². The third-order valence-electron chi connectivity index (χ3n) is 4.17. The zero-order chi connectivity index (χ0) is 18.9. The van der Waals surface area contributed by atoms with Crippen LogP contribution in [-0.4, -0.2) is 15.9 Å². The van der Waals surface area contributed by atoms with Crippen molar-refractivity contribution in [1.29, 1.82) is 0 Å². The molecule has 5 nitrogen and oxygen atoms in total. The normalized spacial score (nSPS) is 11.0. The Morgan fingerprint density at radius 2 is 1.93 bits per heavy atom. The molecule has 0 saturated heterocycles. The van der Waals surface area contributed by atoms with Gasteiger partial charge in [0.1, 0.15) is 5.01 Å². The summed E-state index contributed by atoms with van der Waals surface area (Å²) in [6.07, 6.45) is 3.03. The van der Waals surface area contributed by atoms with Crippen molar-refractivity contribution in [3.05, 3.63) is 78.1 Å². The summed E-state index contributed by atoms with van der Waals surface area (Å²) in [5, 5.41) is 3.87. The molecule has 1 N–H and O–H groups in total. The largest absolute Gasteiger partial charge is 0.444 e. The van der Waals surface area contributed by atoms with E-state index in [4.69, 9.17) is 4.42 Å². The quantitative estimate of drug-likeness (QED) is 0.404. The molecule has 28 heavy (non-hydrogen) atoms. The molecule has 0 bridgehead atoms. The average molecular weight is 403 g/mol. The van der Waals surface area contributed by atoms with Crippen LogP contribution in [0.25, 0.3) is 31.4 Å². The van der Waals surface area contributed by atoms with Gasteiger partial charge in [0.15, 0.2) is 12.2 Å². The maximum absolute atomic E-state index is 12.7. The first-order valence-corrected chi connectivity index (χ1v) is 10.2. The molecular weight excluding hydrogens is 390 g/mol. The van der Waals surface area contributed by atoms with Gasteiger partial charge in [0.05, 0.1) is 26.2 Å². The number of anilines is 1. The summed E-state index contributed by atoms with van der Waals surface area (Å²) in [5.41, 5.74) is 2.54. The van der Waals surface area contributed by atoms with Crippen LogP contribution in [0.3, 0.4) is 0 Å². The van der Waals surface area contributed by atoms with Crippen molar-refractivity contribution in [2.24, 2.45) is 0 Å². The van der Waals surface area contributed by atoms with E-state index in [0.29, 0.717) is 16.3 Å². The number of rotatable bonds is 4.